The van der Waals surface area contributed by atoms with E-state index >= 15 is 0 Å². The van der Waals surface area contributed by atoms with E-state index in [9.17, 15) is 9.59 Å². The summed E-state index contributed by atoms with van der Waals surface area (Å²) in [6.07, 6.45) is 0.213. The third kappa shape index (κ3) is 3.50. The van der Waals surface area contributed by atoms with Gasteiger partial charge >= 0.3 is 0 Å². The Morgan fingerprint density at radius 2 is 1.96 bits per heavy atom. The highest BCUT2D eigenvalue weighted by atomic mass is 16.5. The van der Waals surface area contributed by atoms with Gasteiger partial charge in [0.1, 0.15) is 0 Å². The van der Waals surface area contributed by atoms with Gasteiger partial charge in [0.25, 0.3) is 11.6 Å². The zero-order valence-corrected chi connectivity index (χ0v) is 14.0. The summed E-state index contributed by atoms with van der Waals surface area (Å²) in [4.78, 5) is 28.4. The number of carbonyl (C=O) groups excluding carboxylic acids is 2. The van der Waals surface area contributed by atoms with Gasteiger partial charge in [-0.1, -0.05) is 35.5 Å². The van der Waals surface area contributed by atoms with Crippen LogP contribution in [0.4, 0.5) is 0 Å². The normalized spacial score (nSPS) is 10.6. The lowest BCUT2D eigenvalue weighted by Gasteiger charge is -2.08. The molecule has 2 heterocycles. The molecule has 2 aromatic heterocycles. The Morgan fingerprint density at radius 3 is 2.68 bits per heavy atom. The lowest BCUT2D eigenvalue weighted by atomic mass is 10.1. The maximum absolute atomic E-state index is 12.6. The van der Waals surface area contributed by atoms with Crippen LogP contribution in [-0.2, 0) is 4.79 Å². The number of nitrogens with zero attached hydrogens (tertiary/aromatic N) is 2. The fraction of sp³-hybridized carbons (Fsp3) is 0.222. The second kappa shape index (κ2) is 7.12. The highest BCUT2D eigenvalue weighted by Gasteiger charge is 2.19. The third-order valence-corrected chi connectivity index (χ3v) is 3.85. The Hall–Kier alpha value is -3.22. The van der Waals surface area contributed by atoms with Crippen molar-refractivity contribution in [2.24, 2.45) is 0 Å². The number of hydrogen-bond donors (Lipinski definition) is 2. The number of benzene rings is 1. The quantitative estimate of drug-likeness (QED) is 0.742. The van der Waals surface area contributed by atoms with E-state index in [1.54, 1.807) is 20.0 Å². The van der Waals surface area contributed by atoms with Crippen molar-refractivity contribution in [1.29, 1.82) is 0 Å². The Morgan fingerprint density at radius 1 is 1.20 bits per heavy atom. The van der Waals surface area contributed by atoms with Gasteiger partial charge in [-0.2, -0.15) is 0 Å². The maximum atomic E-state index is 12.6. The first-order chi connectivity index (χ1) is 12.1. The summed E-state index contributed by atoms with van der Waals surface area (Å²) < 4.78 is 5.26. The van der Waals surface area contributed by atoms with Crippen LogP contribution >= 0.6 is 0 Å². The lowest BCUT2D eigenvalue weighted by Crippen LogP contribution is -2.29. The Bertz CT molecular complexity index is 919. The predicted molar refractivity (Wildman–Crippen MR) is 93.0 cm³/mol. The minimum Gasteiger partial charge on any atom is -0.359 e. The molecule has 7 nitrogen and oxygen atoms in total. The molecular weight excluding hydrogens is 320 g/mol. The van der Waals surface area contributed by atoms with E-state index in [2.05, 4.69) is 20.8 Å². The zero-order valence-electron chi connectivity index (χ0n) is 14.0. The molecule has 1 aromatic carbocycles. The van der Waals surface area contributed by atoms with Gasteiger partial charge in [-0.25, -0.2) is 4.98 Å². The summed E-state index contributed by atoms with van der Waals surface area (Å²) in [6, 6.07) is 11.2. The van der Waals surface area contributed by atoms with Crippen molar-refractivity contribution in [2.45, 2.75) is 13.3 Å². The van der Waals surface area contributed by atoms with Crippen molar-refractivity contribution in [1.82, 2.24) is 20.8 Å². The fourth-order valence-electron chi connectivity index (χ4n) is 2.54. The third-order valence-electron chi connectivity index (χ3n) is 3.85. The number of aromatic nitrogens is 2. The number of hydrogen-bond acceptors (Lipinski definition) is 5. The van der Waals surface area contributed by atoms with E-state index in [0.717, 1.165) is 5.56 Å². The molecule has 0 aliphatic heterocycles. The molecule has 25 heavy (non-hydrogen) atoms. The topological polar surface area (TPSA) is 97.1 Å². The van der Waals surface area contributed by atoms with Crippen LogP contribution in [-0.4, -0.2) is 35.5 Å². The predicted octanol–water partition coefficient (Wildman–Crippen LogP) is 2.06. The standard InChI is InChI=1S/C18H18N4O3/c1-11-16-13(17(24)20-9-8-15(23)19-2)10-14(21-18(16)25-22-11)12-6-4-3-5-7-12/h3-7,10H,8-9H2,1-2H3,(H,19,23)(H,20,24). The Balaban J connectivity index is 1.96. The van der Waals surface area contributed by atoms with Crippen molar-refractivity contribution < 1.29 is 14.1 Å². The molecule has 0 atom stereocenters. The summed E-state index contributed by atoms with van der Waals surface area (Å²) in [5.74, 6) is -0.425. The molecule has 0 aliphatic rings. The first-order valence-corrected chi connectivity index (χ1v) is 7.91. The summed E-state index contributed by atoms with van der Waals surface area (Å²) in [6.45, 7) is 2.00. The molecule has 0 unspecified atom stereocenters. The molecule has 128 valence electrons. The SMILES string of the molecule is CNC(=O)CCNC(=O)c1cc(-c2ccccc2)nc2onc(C)c12. The van der Waals surface area contributed by atoms with Gasteiger partial charge in [-0.3, -0.25) is 9.59 Å². The van der Waals surface area contributed by atoms with Gasteiger partial charge < -0.3 is 15.2 Å². The van der Waals surface area contributed by atoms with Gasteiger partial charge in [-0.15, -0.1) is 0 Å². The van der Waals surface area contributed by atoms with E-state index in [-0.39, 0.29) is 24.8 Å². The van der Waals surface area contributed by atoms with Crippen LogP contribution in [0.1, 0.15) is 22.5 Å². The molecule has 0 fully saturated rings. The van der Waals surface area contributed by atoms with Crippen LogP contribution in [0.5, 0.6) is 0 Å². The summed E-state index contributed by atoms with van der Waals surface area (Å²) >= 11 is 0. The van der Waals surface area contributed by atoms with Gasteiger partial charge in [0.05, 0.1) is 22.3 Å². The largest absolute Gasteiger partial charge is 0.359 e. The molecule has 0 aliphatic carbocycles. The van der Waals surface area contributed by atoms with Gasteiger partial charge in [0, 0.05) is 25.6 Å². The number of pyridine rings is 1. The molecule has 3 aromatic rings. The number of nitrogens with one attached hydrogen (secondary N) is 2. The summed E-state index contributed by atoms with van der Waals surface area (Å²) in [7, 11) is 1.56. The van der Waals surface area contributed by atoms with Crippen molar-refractivity contribution in [2.75, 3.05) is 13.6 Å². The van der Waals surface area contributed by atoms with Crippen molar-refractivity contribution >= 4 is 22.9 Å². The maximum Gasteiger partial charge on any atom is 0.259 e. The van der Waals surface area contributed by atoms with E-state index in [1.807, 2.05) is 30.3 Å². The average Bonchev–Trinajstić information content (AvgIpc) is 3.02. The fourth-order valence-corrected chi connectivity index (χ4v) is 2.54. The number of aryl methyl sites for hydroxylation is 1. The molecule has 2 N–H and O–H groups in total. The lowest BCUT2D eigenvalue weighted by molar-refractivity contribution is -0.120. The molecule has 0 saturated heterocycles. The zero-order chi connectivity index (χ0) is 17.8. The smallest absolute Gasteiger partial charge is 0.259 e. The number of carbonyl (C=O) groups is 2. The van der Waals surface area contributed by atoms with E-state index in [4.69, 9.17) is 4.52 Å². The molecular formula is C18H18N4O3. The summed E-state index contributed by atoms with van der Waals surface area (Å²) in [5.41, 5.74) is 2.84. The van der Waals surface area contributed by atoms with E-state index in [1.165, 1.54) is 0 Å². The Labute approximate surface area is 144 Å². The minimum atomic E-state index is -0.292. The van der Waals surface area contributed by atoms with Crippen molar-refractivity contribution in [3.63, 3.8) is 0 Å². The molecule has 2 amide bonds. The van der Waals surface area contributed by atoms with Crippen molar-refractivity contribution in [3.05, 3.63) is 47.7 Å². The Kier molecular flexibility index (Phi) is 4.74. The second-order valence-corrected chi connectivity index (χ2v) is 5.55. The first-order valence-electron chi connectivity index (χ1n) is 7.91. The van der Waals surface area contributed by atoms with E-state index < -0.39 is 0 Å². The highest BCUT2D eigenvalue weighted by molar-refractivity contribution is 6.07. The molecule has 7 heteroatoms. The average molecular weight is 338 g/mol. The number of rotatable bonds is 5. The van der Waals surface area contributed by atoms with Crippen LogP contribution in [0, 0.1) is 6.92 Å². The van der Waals surface area contributed by atoms with Crippen LogP contribution in [0.2, 0.25) is 0 Å². The van der Waals surface area contributed by atoms with Gasteiger partial charge in [0.2, 0.25) is 5.91 Å². The van der Waals surface area contributed by atoms with Crippen LogP contribution in [0.3, 0.4) is 0 Å². The number of fused-ring (bicyclic) bond motifs is 1. The second-order valence-electron chi connectivity index (χ2n) is 5.55. The van der Waals surface area contributed by atoms with Gasteiger partial charge in [0.15, 0.2) is 0 Å². The first kappa shape index (κ1) is 16.6. The molecule has 3 rings (SSSR count). The van der Waals surface area contributed by atoms with E-state index in [0.29, 0.717) is 28.1 Å². The highest BCUT2D eigenvalue weighted by Crippen LogP contribution is 2.26. The van der Waals surface area contributed by atoms with Gasteiger partial charge in [-0.05, 0) is 13.0 Å². The molecule has 0 spiro atoms. The summed E-state index contributed by atoms with van der Waals surface area (Å²) in [5, 5.41) is 9.77. The monoisotopic (exact) mass is 338 g/mol. The minimum absolute atomic E-state index is 0.133. The molecule has 0 saturated carbocycles. The molecule has 0 bridgehead atoms. The van der Waals surface area contributed by atoms with Crippen LogP contribution in [0.15, 0.2) is 40.9 Å². The van der Waals surface area contributed by atoms with Crippen LogP contribution in [0.25, 0.3) is 22.4 Å². The molecule has 0 radical (unpaired) electrons. The van der Waals surface area contributed by atoms with Crippen molar-refractivity contribution in [3.8, 4) is 11.3 Å². The van der Waals surface area contributed by atoms with Crippen LogP contribution < -0.4 is 10.6 Å². The number of amides is 2.